The van der Waals surface area contributed by atoms with Gasteiger partial charge in [-0.1, -0.05) is 24.3 Å². The Balaban J connectivity index is 1.42. The number of rotatable bonds is 7. The van der Waals surface area contributed by atoms with Crippen LogP contribution in [-0.4, -0.2) is 53.7 Å². The van der Waals surface area contributed by atoms with Crippen LogP contribution in [0.3, 0.4) is 0 Å². The zero-order chi connectivity index (χ0) is 24.4. The number of aliphatic carboxylic acids is 1. The molecule has 2 aromatic rings. The molecule has 0 spiro atoms. The average Bonchev–Trinajstić information content (AvgIpc) is 2.80. The quantitative estimate of drug-likeness (QED) is 0.474. The van der Waals surface area contributed by atoms with Crippen LogP contribution in [0.2, 0.25) is 0 Å². The third kappa shape index (κ3) is 4.94. The lowest BCUT2D eigenvalue weighted by atomic mass is 9.83. The van der Waals surface area contributed by atoms with Crippen LogP contribution in [0.25, 0.3) is 5.57 Å². The first-order valence-corrected chi connectivity index (χ1v) is 11.1. The van der Waals surface area contributed by atoms with Crippen LogP contribution in [0.1, 0.15) is 30.9 Å². The molecule has 9 heteroatoms. The van der Waals surface area contributed by atoms with Gasteiger partial charge in [-0.3, -0.25) is 4.79 Å². The maximum atomic E-state index is 13.7. The van der Waals surface area contributed by atoms with Gasteiger partial charge in [-0.2, -0.15) is 4.39 Å². The third-order valence-corrected chi connectivity index (χ3v) is 6.24. The molecular formula is C25H25F3N2O4. The number of ether oxygens (including phenoxy) is 1. The number of carbonyl (C=O) groups excluding carboxylic acids is 1. The maximum absolute atomic E-state index is 13.7. The molecular weight excluding hydrogens is 449 g/mol. The van der Waals surface area contributed by atoms with Crippen LogP contribution in [0, 0.1) is 17.5 Å². The molecule has 2 aliphatic rings. The van der Waals surface area contributed by atoms with Crippen LogP contribution in [0.15, 0.2) is 42.0 Å². The molecule has 1 amide bonds. The summed E-state index contributed by atoms with van der Waals surface area (Å²) in [7, 11) is 0. The Hall–Kier alpha value is -3.33. The summed E-state index contributed by atoms with van der Waals surface area (Å²) in [5, 5.41) is 13.2. The SMILES string of the molecule is CC(=O)N1CC2CC(c3ccc(CCCOc4c(F)ccc(F)c4F)cc3)=C(C(=O)O)[C@@H](C1)N2. The van der Waals surface area contributed by atoms with Crippen molar-refractivity contribution in [2.45, 2.75) is 38.3 Å². The lowest BCUT2D eigenvalue weighted by Gasteiger charge is -2.43. The number of aryl methyl sites for hydroxylation is 1. The molecule has 2 N–H and O–H groups in total. The summed E-state index contributed by atoms with van der Waals surface area (Å²) in [5.74, 6) is -5.26. The number of benzene rings is 2. The fourth-order valence-corrected chi connectivity index (χ4v) is 4.59. The van der Waals surface area contributed by atoms with Crippen molar-refractivity contribution >= 4 is 17.4 Å². The Morgan fingerprint density at radius 2 is 1.79 bits per heavy atom. The van der Waals surface area contributed by atoms with E-state index in [1.54, 1.807) is 4.90 Å². The smallest absolute Gasteiger partial charge is 0.333 e. The maximum Gasteiger partial charge on any atom is 0.333 e. The lowest BCUT2D eigenvalue weighted by Crippen LogP contribution is -2.61. The molecule has 2 aliphatic heterocycles. The third-order valence-electron chi connectivity index (χ3n) is 6.24. The molecule has 1 saturated heterocycles. The van der Waals surface area contributed by atoms with Crippen molar-refractivity contribution in [2.24, 2.45) is 0 Å². The second-order valence-corrected chi connectivity index (χ2v) is 8.56. The number of piperazine rings is 1. The summed E-state index contributed by atoms with van der Waals surface area (Å²) < 4.78 is 45.6. The minimum Gasteiger partial charge on any atom is -0.488 e. The zero-order valence-corrected chi connectivity index (χ0v) is 18.6. The van der Waals surface area contributed by atoms with Crippen molar-refractivity contribution in [1.29, 1.82) is 0 Å². The van der Waals surface area contributed by atoms with E-state index in [1.165, 1.54) is 6.92 Å². The minimum atomic E-state index is -1.34. The number of carboxylic acids is 1. The van der Waals surface area contributed by atoms with E-state index in [0.29, 0.717) is 38.4 Å². The number of nitrogens with one attached hydrogen (secondary N) is 1. The fourth-order valence-electron chi connectivity index (χ4n) is 4.59. The summed E-state index contributed by atoms with van der Waals surface area (Å²) in [6.07, 6.45) is 1.51. The van der Waals surface area contributed by atoms with E-state index in [9.17, 15) is 27.9 Å². The highest BCUT2D eigenvalue weighted by molar-refractivity contribution is 5.98. The van der Waals surface area contributed by atoms with Crippen LogP contribution in [0.4, 0.5) is 13.2 Å². The number of nitrogens with zero attached hydrogens (tertiary/aromatic N) is 1. The van der Waals surface area contributed by atoms with Crippen molar-refractivity contribution in [3.63, 3.8) is 0 Å². The van der Waals surface area contributed by atoms with E-state index >= 15 is 0 Å². The second-order valence-electron chi connectivity index (χ2n) is 8.56. The van der Waals surface area contributed by atoms with Crippen molar-refractivity contribution in [2.75, 3.05) is 19.7 Å². The first-order chi connectivity index (χ1) is 16.2. The Bertz CT molecular complexity index is 1130. The molecule has 6 nitrogen and oxygen atoms in total. The van der Waals surface area contributed by atoms with Crippen molar-refractivity contribution in [3.8, 4) is 5.75 Å². The Morgan fingerprint density at radius 1 is 1.09 bits per heavy atom. The van der Waals surface area contributed by atoms with E-state index in [2.05, 4.69) is 5.32 Å². The Kier molecular flexibility index (Phi) is 6.92. The van der Waals surface area contributed by atoms with Gasteiger partial charge in [0.2, 0.25) is 11.7 Å². The van der Waals surface area contributed by atoms with Crippen LogP contribution in [-0.2, 0) is 16.0 Å². The standard InChI is InChI=1S/C25H25F3N2O4/c1-14(31)30-12-17-11-18(22(25(32)33)21(13-30)29-17)16-6-4-15(5-7-16)3-2-10-34-24-20(27)9-8-19(26)23(24)28/h4-9,17,21,29H,2-3,10-13H2,1H3,(H,32,33)/t17?,21-/m1/s1. The number of carbonyl (C=O) groups is 2. The summed E-state index contributed by atoms with van der Waals surface area (Å²) in [6.45, 7) is 2.35. The zero-order valence-electron chi connectivity index (χ0n) is 18.6. The topological polar surface area (TPSA) is 78.9 Å². The average molecular weight is 474 g/mol. The van der Waals surface area contributed by atoms with Crippen molar-refractivity contribution < 1.29 is 32.6 Å². The molecule has 34 heavy (non-hydrogen) atoms. The summed E-state index contributed by atoms with van der Waals surface area (Å²) in [6, 6.07) is 8.58. The number of amides is 1. The predicted molar refractivity (Wildman–Crippen MR) is 119 cm³/mol. The van der Waals surface area contributed by atoms with E-state index in [-0.39, 0.29) is 24.1 Å². The van der Waals surface area contributed by atoms with E-state index in [4.69, 9.17) is 4.74 Å². The minimum absolute atomic E-state index is 0.00897. The van der Waals surface area contributed by atoms with Gasteiger partial charge in [0, 0.05) is 26.1 Å². The van der Waals surface area contributed by atoms with Gasteiger partial charge in [0.25, 0.3) is 0 Å². The normalized spacial score (nSPS) is 19.8. The molecule has 2 atom stereocenters. The molecule has 2 bridgehead atoms. The summed E-state index contributed by atoms with van der Waals surface area (Å²) >= 11 is 0. The number of halogens is 3. The number of hydrogen-bond acceptors (Lipinski definition) is 4. The fraction of sp³-hybridized carbons (Fsp3) is 0.360. The van der Waals surface area contributed by atoms with E-state index in [0.717, 1.165) is 22.8 Å². The van der Waals surface area contributed by atoms with E-state index < -0.39 is 35.2 Å². The van der Waals surface area contributed by atoms with Gasteiger partial charge in [-0.05, 0) is 48.1 Å². The van der Waals surface area contributed by atoms with Crippen molar-refractivity contribution in [3.05, 3.63) is 70.5 Å². The highest BCUT2D eigenvalue weighted by atomic mass is 19.2. The number of fused-ring (bicyclic) bond motifs is 2. The first-order valence-electron chi connectivity index (χ1n) is 11.1. The molecule has 180 valence electrons. The summed E-state index contributed by atoms with van der Waals surface area (Å²) in [4.78, 5) is 25.5. The van der Waals surface area contributed by atoms with Gasteiger partial charge in [0.1, 0.15) is 0 Å². The molecule has 0 aliphatic carbocycles. The van der Waals surface area contributed by atoms with Crippen molar-refractivity contribution in [1.82, 2.24) is 10.2 Å². The highest BCUT2D eigenvalue weighted by Crippen LogP contribution is 2.33. The molecule has 0 aromatic heterocycles. The first kappa shape index (κ1) is 23.8. The van der Waals surface area contributed by atoms with Gasteiger partial charge >= 0.3 is 5.97 Å². The second kappa shape index (κ2) is 9.89. The van der Waals surface area contributed by atoms with Gasteiger partial charge in [-0.15, -0.1) is 0 Å². The molecule has 1 unspecified atom stereocenters. The molecule has 0 saturated carbocycles. The molecule has 2 heterocycles. The van der Waals surface area contributed by atoms with Crippen LogP contribution < -0.4 is 10.1 Å². The monoisotopic (exact) mass is 474 g/mol. The Labute approximate surface area is 195 Å². The summed E-state index contributed by atoms with van der Waals surface area (Å²) in [5.41, 5.74) is 2.80. The van der Waals surface area contributed by atoms with Crippen LogP contribution >= 0.6 is 0 Å². The highest BCUT2D eigenvalue weighted by Gasteiger charge is 2.39. The molecule has 1 fully saturated rings. The number of hydrogen-bond donors (Lipinski definition) is 2. The molecule has 4 rings (SSSR count). The lowest BCUT2D eigenvalue weighted by molar-refractivity contribution is -0.135. The molecule has 2 aromatic carbocycles. The van der Waals surface area contributed by atoms with Gasteiger partial charge in [0.05, 0.1) is 18.2 Å². The molecule has 0 radical (unpaired) electrons. The van der Waals surface area contributed by atoms with Gasteiger partial charge < -0.3 is 20.1 Å². The number of carboxylic acid groups (broad SMARTS) is 1. The Morgan fingerprint density at radius 3 is 2.47 bits per heavy atom. The largest absolute Gasteiger partial charge is 0.488 e. The van der Waals surface area contributed by atoms with Crippen LogP contribution in [0.5, 0.6) is 5.75 Å². The van der Waals surface area contributed by atoms with Gasteiger partial charge in [-0.25, -0.2) is 13.6 Å². The van der Waals surface area contributed by atoms with Gasteiger partial charge in [0.15, 0.2) is 17.4 Å². The van der Waals surface area contributed by atoms with E-state index in [1.807, 2.05) is 24.3 Å². The predicted octanol–water partition coefficient (Wildman–Crippen LogP) is 3.55.